The first-order valence-electron chi connectivity index (χ1n) is 10.5. The average molecular weight is 419 g/mol. The Balaban J connectivity index is 1.62. The van der Waals surface area contributed by atoms with Crippen molar-refractivity contribution in [2.24, 2.45) is 7.05 Å². The number of amides is 1. The van der Waals surface area contributed by atoms with E-state index in [1.54, 1.807) is 18.4 Å². The van der Waals surface area contributed by atoms with Crippen LogP contribution < -0.4 is 4.90 Å². The number of hydrogen-bond donors (Lipinski definition) is 0. The Morgan fingerprint density at radius 3 is 2.83 bits per heavy atom. The zero-order valence-electron chi connectivity index (χ0n) is 18.5. The highest BCUT2D eigenvalue weighted by Gasteiger charge is 2.23. The van der Waals surface area contributed by atoms with Crippen molar-refractivity contribution in [2.75, 3.05) is 45.3 Å². The van der Waals surface area contributed by atoms with E-state index in [1.807, 2.05) is 23.7 Å². The van der Waals surface area contributed by atoms with Crippen LogP contribution in [0.2, 0.25) is 0 Å². The van der Waals surface area contributed by atoms with Crippen LogP contribution >= 0.6 is 11.3 Å². The van der Waals surface area contributed by atoms with Crippen LogP contribution in [0, 0.1) is 13.8 Å². The summed E-state index contributed by atoms with van der Waals surface area (Å²) in [7, 11) is 5.64. The fourth-order valence-corrected chi connectivity index (χ4v) is 5.32. The molecule has 0 radical (unpaired) electrons. The Kier molecular flexibility index (Phi) is 7.35. The Morgan fingerprint density at radius 1 is 1.34 bits per heavy atom. The smallest absolute Gasteiger partial charge is 0.263 e. The highest BCUT2D eigenvalue weighted by molar-refractivity contribution is 7.18. The molecule has 1 amide bonds. The van der Waals surface area contributed by atoms with E-state index in [0.29, 0.717) is 6.61 Å². The van der Waals surface area contributed by atoms with Gasteiger partial charge < -0.3 is 14.5 Å². The molecule has 0 saturated carbocycles. The molecule has 0 fully saturated rings. The number of methoxy groups -OCH3 is 1. The van der Waals surface area contributed by atoms with Gasteiger partial charge in [-0.15, -0.1) is 11.3 Å². The summed E-state index contributed by atoms with van der Waals surface area (Å²) in [5.74, 6) is 0.134. The van der Waals surface area contributed by atoms with Crippen LogP contribution in [0.3, 0.4) is 0 Å². The van der Waals surface area contributed by atoms with Crippen molar-refractivity contribution in [1.29, 1.82) is 0 Å². The number of fused-ring (bicyclic) bond motifs is 1. The molecule has 6 nitrogen and oxygen atoms in total. The number of ether oxygens (including phenoxy) is 1. The van der Waals surface area contributed by atoms with Crippen molar-refractivity contribution in [2.45, 2.75) is 46.0 Å². The summed E-state index contributed by atoms with van der Waals surface area (Å²) >= 11 is 1.65. The zero-order chi connectivity index (χ0) is 21.0. The van der Waals surface area contributed by atoms with Gasteiger partial charge in [-0.3, -0.25) is 9.48 Å². The second-order valence-corrected chi connectivity index (χ2v) is 9.01. The van der Waals surface area contributed by atoms with Crippen molar-refractivity contribution < 1.29 is 9.53 Å². The summed E-state index contributed by atoms with van der Waals surface area (Å²) in [4.78, 5) is 18.1. The molecule has 1 aliphatic rings. The van der Waals surface area contributed by atoms with Gasteiger partial charge in [0.2, 0.25) is 0 Å². The third-order valence-corrected chi connectivity index (χ3v) is 7.13. The number of anilines is 1. The first-order chi connectivity index (χ1) is 13.9. The van der Waals surface area contributed by atoms with Crippen LogP contribution in [0.4, 0.5) is 5.00 Å². The molecule has 0 bridgehead atoms. The first-order valence-corrected chi connectivity index (χ1v) is 11.3. The van der Waals surface area contributed by atoms with Crippen LogP contribution in [-0.2, 0) is 24.6 Å². The third kappa shape index (κ3) is 5.01. The first kappa shape index (κ1) is 21.8. The van der Waals surface area contributed by atoms with Gasteiger partial charge in [0, 0.05) is 46.5 Å². The minimum atomic E-state index is 0.134. The fraction of sp³-hybridized carbons (Fsp3) is 0.636. The minimum Gasteiger partial charge on any atom is -0.383 e. The van der Waals surface area contributed by atoms with Gasteiger partial charge in [0.1, 0.15) is 0 Å². The summed E-state index contributed by atoms with van der Waals surface area (Å²) in [6.45, 7) is 7.57. The Bertz CT molecular complexity index is 842. The van der Waals surface area contributed by atoms with Crippen molar-refractivity contribution in [1.82, 2.24) is 14.7 Å². The third-order valence-electron chi connectivity index (χ3n) is 5.90. The van der Waals surface area contributed by atoms with E-state index >= 15 is 0 Å². The molecule has 2 aromatic heterocycles. The molecule has 0 aromatic carbocycles. The van der Waals surface area contributed by atoms with E-state index in [2.05, 4.69) is 29.9 Å². The van der Waals surface area contributed by atoms with E-state index in [-0.39, 0.29) is 5.91 Å². The molecule has 7 heteroatoms. The van der Waals surface area contributed by atoms with Crippen molar-refractivity contribution in [3.8, 4) is 0 Å². The van der Waals surface area contributed by atoms with Crippen LogP contribution in [0.25, 0.3) is 0 Å². The van der Waals surface area contributed by atoms with Crippen molar-refractivity contribution in [3.05, 3.63) is 33.5 Å². The van der Waals surface area contributed by atoms with Gasteiger partial charge >= 0.3 is 0 Å². The fourth-order valence-electron chi connectivity index (χ4n) is 4.07. The second-order valence-electron chi connectivity index (χ2n) is 7.98. The number of carbonyl (C=O) groups excluding carboxylic acids is 1. The van der Waals surface area contributed by atoms with E-state index in [0.717, 1.165) is 49.5 Å². The van der Waals surface area contributed by atoms with Crippen LogP contribution in [0.15, 0.2) is 6.07 Å². The maximum absolute atomic E-state index is 13.0. The Morgan fingerprint density at radius 2 is 2.14 bits per heavy atom. The van der Waals surface area contributed by atoms with E-state index in [4.69, 9.17) is 4.74 Å². The Labute approximate surface area is 178 Å². The highest BCUT2D eigenvalue weighted by atomic mass is 32.1. The molecule has 3 heterocycles. The minimum absolute atomic E-state index is 0.134. The number of aryl methyl sites for hydroxylation is 3. The molecule has 3 rings (SSSR count). The van der Waals surface area contributed by atoms with E-state index in [9.17, 15) is 4.79 Å². The summed E-state index contributed by atoms with van der Waals surface area (Å²) < 4.78 is 7.21. The van der Waals surface area contributed by atoms with Gasteiger partial charge in [0.15, 0.2) is 0 Å². The topological polar surface area (TPSA) is 50.6 Å². The maximum Gasteiger partial charge on any atom is 0.263 e. The highest BCUT2D eigenvalue weighted by Crippen LogP contribution is 2.35. The number of hydrogen-bond acceptors (Lipinski definition) is 5. The Hall–Kier alpha value is -1.86. The molecular weight excluding hydrogens is 384 g/mol. The van der Waals surface area contributed by atoms with Gasteiger partial charge in [-0.2, -0.15) is 5.10 Å². The monoisotopic (exact) mass is 418 g/mol. The molecule has 0 spiro atoms. The number of carbonyl (C=O) groups is 1. The summed E-state index contributed by atoms with van der Waals surface area (Å²) in [5, 5.41) is 5.75. The predicted octanol–water partition coefficient (Wildman–Crippen LogP) is 3.59. The van der Waals surface area contributed by atoms with Gasteiger partial charge in [-0.05, 0) is 63.1 Å². The SMILES string of the molecule is COCCN1CCCCc2cc(C(=O)N(C)CCCc3c(C)nn(C)c3C)sc21. The van der Waals surface area contributed by atoms with E-state index < -0.39 is 0 Å². The molecule has 160 valence electrons. The molecule has 0 aliphatic carbocycles. The molecule has 29 heavy (non-hydrogen) atoms. The van der Waals surface area contributed by atoms with Crippen LogP contribution in [0.1, 0.15) is 51.4 Å². The summed E-state index contributed by atoms with van der Waals surface area (Å²) in [6, 6.07) is 2.12. The number of rotatable bonds is 8. The average Bonchev–Trinajstić information content (AvgIpc) is 3.15. The van der Waals surface area contributed by atoms with Crippen molar-refractivity contribution in [3.63, 3.8) is 0 Å². The molecule has 0 N–H and O–H groups in total. The van der Waals surface area contributed by atoms with Gasteiger partial charge in [-0.1, -0.05) is 0 Å². The number of nitrogens with zero attached hydrogens (tertiary/aromatic N) is 4. The van der Waals surface area contributed by atoms with Gasteiger partial charge in [-0.25, -0.2) is 0 Å². The normalized spacial score (nSPS) is 14.0. The molecule has 0 unspecified atom stereocenters. The molecule has 0 saturated heterocycles. The predicted molar refractivity (Wildman–Crippen MR) is 119 cm³/mol. The summed E-state index contributed by atoms with van der Waals surface area (Å²) in [6.07, 6.45) is 5.34. The second kappa shape index (κ2) is 9.76. The number of aromatic nitrogens is 2. The molecule has 2 aromatic rings. The molecule has 1 aliphatic heterocycles. The lowest BCUT2D eigenvalue weighted by Gasteiger charge is -2.22. The quantitative estimate of drug-likeness (QED) is 0.657. The lowest BCUT2D eigenvalue weighted by molar-refractivity contribution is 0.0798. The number of thiophene rings is 1. The van der Waals surface area contributed by atoms with Gasteiger partial charge in [0.25, 0.3) is 5.91 Å². The standard InChI is InChI=1S/C22H34N4O2S/c1-16-19(17(2)25(4)23-16)10-8-11-24(3)21(27)20-15-18-9-6-7-12-26(13-14-28-5)22(18)29-20/h15H,6-14H2,1-5H3. The largest absolute Gasteiger partial charge is 0.383 e. The molecule has 0 atom stereocenters. The van der Waals surface area contributed by atoms with Crippen molar-refractivity contribution >= 4 is 22.2 Å². The zero-order valence-corrected chi connectivity index (χ0v) is 19.3. The van der Waals surface area contributed by atoms with Crippen LogP contribution in [0.5, 0.6) is 0 Å². The lowest BCUT2D eigenvalue weighted by Crippen LogP contribution is -2.28. The van der Waals surface area contributed by atoms with E-state index in [1.165, 1.54) is 34.7 Å². The maximum atomic E-state index is 13.0. The molecular formula is C22H34N4O2S. The van der Waals surface area contributed by atoms with Crippen LogP contribution in [-0.4, -0.2) is 61.0 Å². The lowest BCUT2D eigenvalue weighted by atomic mass is 10.1. The summed E-state index contributed by atoms with van der Waals surface area (Å²) in [5.41, 5.74) is 4.94. The van der Waals surface area contributed by atoms with Gasteiger partial charge in [0.05, 0.1) is 22.2 Å².